The third-order valence-electron chi connectivity index (χ3n) is 3.78. The lowest BCUT2D eigenvalue weighted by atomic mass is 9.90. The van der Waals surface area contributed by atoms with Gasteiger partial charge in [-0.25, -0.2) is 0 Å². The molecule has 2 fully saturated rings. The Morgan fingerprint density at radius 3 is 2.38 bits per heavy atom. The van der Waals surface area contributed by atoms with Crippen molar-refractivity contribution in [1.29, 1.82) is 0 Å². The number of ether oxygens (including phenoxy) is 1. The van der Waals surface area contributed by atoms with Gasteiger partial charge < -0.3 is 9.84 Å². The van der Waals surface area contributed by atoms with Crippen molar-refractivity contribution in [3.63, 3.8) is 0 Å². The highest BCUT2D eigenvalue weighted by Gasteiger charge is 2.35. The summed E-state index contributed by atoms with van der Waals surface area (Å²) in [6.07, 6.45) is 4.50. The Hall–Kier alpha value is -0.120. The molecule has 0 aromatic rings. The van der Waals surface area contributed by atoms with E-state index in [1.807, 2.05) is 0 Å². The van der Waals surface area contributed by atoms with Gasteiger partial charge in [0.05, 0.1) is 17.8 Å². The van der Waals surface area contributed by atoms with Crippen molar-refractivity contribution < 1.29 is 9.84 Å². The molecule has 1 N–H and O–H groups in total. The van der Waals surface area contributed by atoms with Crippen LogP contribution in [-0.2, 0) is 4.74 Å². The fourth-order valence-electron chi connectivity index (χ4n) is 3.20. The highest BCUT2D eigenvalue weighted by Crippen LogP contribution is 2.28. The van der Waals surface area contributed by atoms with Crippen molar-refractivity contribution in [1.82, 2.24) is 4.90 Å². The summed E-state index contributed by atoms with van der Waals surface area (Å²) in [6.45, 7) is 8.58. The van der Waals surface area contributed by atoms with Gasteiger partial charge in [-0.15, -0.1) is 0 Å². The van der Waals surface area contributed by atoms with Gasteiger partial charge in [0.15, 0.2) is 0 Å². The summed E-state index contributed by atoms with van der Waals surface area (Å²) in [7, 11) is 0. The Bertz CT molecular complexity index is 234. The van der Waals surface area contributed by atoms with Crippen LogP contribution in [0.4, 0.5) is 0 Å². The van der Waals surface area contributed by atoms with Gasteiger partial charge in [0.1, 0.15) is 0 Å². The third kappa shape index (κ3) is 2.96. The van der Waals surface area contributed by atoms with Crippen LogP contribution in [-0.4, -0.2) is 46.9 Å². The summed E-state index contributed by atoms with van der Waals surface area (Å²) in [4.78, 5) is 2.57. The van der Waals surface area contributed by atoms with Crippen LogP contribution in [0.3, 0.4) is 0 Å². The molecule has 1 aliphatic carbocycles. The predicted molar refractivity (Wildman–Crippen MR) is 64.5 cm³/mol. The lowest BCUT2D eigenvalue weighted by Crippen LogP contribution is -2.55. The summed E-state index contributed by atoms with van der Waals surface area (Å²) in [5.74, 6) is 0. The Balaban J connectivity index is 1.93. The van der Waals surface area contributed by atoms with Crippen LogP contribution >= 0.6 is 0 Å². The standard InChI is InChI=1S/C13H25NO2/c1-10-8-14(9-13(2,3)16-10)11-4-6-12(15)7-5-11/h10-12,15H,4-9H2,1-3H3. The molecule has 0 aromatic heterocycles. The van der Waals surface area contributed by atoms with E-state index in [4.69, 9.17) is 4.74 Å². The van der Waals surface area contributed by atoms with E-state index >= 15 is 0 Å². The first-order chi connectivity index (χ1) is 7.46. The maximum absolute atomic E-state index is 9.54. The van der Waals surface area contributed by atoms with Crippen molar-refractivity contribution in [3.8, 4) is 0 Å². The minimum absolute atomic E-state index is 0.0201. The van der Waals surface area contributed by atoms with Gasteiger partial charge in [0.2, 0.25) is 0 Å². The van der Waals surface area contributed by atoms with Gasteiger partial charge in [-0.3, -0.25) is 4.90 Å². The summed E-state index contributed by atoms with van der Waals surface area (Å²) >= 11 is 0. The Kier molecular flexibility index (Phi) is 3.57. The molecule has 1 saturated carbocycles. The first kappa shape index (κ1) is 12.3. The maximum atomic E-state index is 9.54. The molecule has 0 bridgehead atoms. The molecule has 0 radical (unpaired) electrons. The minimum Gasteiger partial charge on any atom is -0.393 e. The molecule has 1 aliphatic heterocycles. The quantitative estimate of drug-likeness (QED) is 0.741. The summed E-state index contributed by atoms with van der Waals surface area (Å²) in [5.41, 5.74) is -0.0201. The van der Waals surface area contributed by atoms with Crippen LogP contribution in [0.25, 0.3) is 0 Å². The summed E-state index contributed by atoms with van der Waals surface area (Å²) < 4.78 is 5.92. The number of aliphatic hydroxyl groups is 1. The van der Waals surface area contributed by atoms with Gasteiger partial charge in [-0.2, -0.15) is 0 Å². The second kappa shape index (κ2) is 4.63. The molecule has 0 aromatic carbocycles. The van der Waals surface area contributed by atoms with Crippen LogP contribution in [0.15, 0.2) is 0 Å². The molecule has 1 heterocycles. The molecule has 16 heavy (non-hydrogen) atoms. The van der Waals surface area contributed by atoms with Crippen molar-refractivity contribution >= 4 is 0 Å². The van der Waals surface area contributed by atoms with Crippen molar-refractivity contribution in [3.05, 3.63) is 0 Å². The zero-order valence-electron chi connectivity index (χ0n) is 10.8. The van der Waals surface area contributed by atoms with Crippen molar-refractivity contribution in [2.45, 2.75) is 70.3 Å². The number of rotatable bonds is 1. The fourth-order valence-corrected chi connectivity index (χ4v) is 3.20. The molecule has 2 aliphatic rings. The molecule has 94 valence electrons. The van der Waals surface area contributed by atoms with Gasteiger partial charge in [0.25, 0.3) is 0 Å². The average Bonchev–Trinajstić information content (AvgIpc) is 2.15. The lowest BCUT2D eigenvalue weighted by molar-refractivity contribution is -0.141. The molecule has 1 saturated heterocycles. The van der Waals surface area contributed by atoms with Crippen LogP contribution < -0.4 is 0 Å². The van der Waals surface area contributed by atoms with Gasteiger partial charge in [-0.05, 0) is 46.5 Å². The highest BCUT2D eigenvalue weighted by molar-refractivity contribution is 4.88. The van der Waals surface area contributed by atoms with E-state index in [2.05, 4.69) is 25.7 Å². The van der Waals surface area contributed by atoms with Crippen LogP contribution in [0.5, 0.6) is 0 Å². The second-order valence-electron chi connectivity index (χ2n) is 6.08. The topological polar surface area (TPSA) is 32.7 Å². The van der Waals surface area contributed by atoms with Crippen molar-refractivity contribution in [2.75, 3.05) is 13.1 Å². The van der Waals surface area contributed by atoms with E-state index in [-0.39, 0.29) is 11.7 Å². The molecular formula is C13H25NO2. The maximum Gasteiger partial charge on any atom is 0.0757 e. The molecule has 1 unspecified atom stereocenters. The predicted octanol–water partition coefficient (Wildman–Crippen LogP) is 1.79. The molecule has 3 heteroatoms. The van der Waals surface area contributed by atoms with Crippen LogP contribution in [0, 0.1) is 0 Å². The zero-order valence-corrected chi connectivity index (χ0v) is 10.8. The first-order valence-electron chi connectivity index (χ1n) is 6.56. The van der Waals surface area contributed by atoms with Crippen molar-refractivity contribution in [2.24, 2.45) is 0 Å². The van der Waals surface area contributed by atoms with Gasteiger partial charge >= 0.3 is 0 Å². The average molecular weight is 227 g/mol. The molecular weight excluding hydrogens is 202 g/mol. The monoisotopic (exact) mass is 227 g/mol. The first-order valence-corrected chi connectivity index (χ1v) is 6.56. The normalized spacial score (nSPS) is 40.9. The molecule has 2 rings (SSSR count). The number of nitrogens with zero attached hydrogens (tertiary/aromatic N) is 1. The number of aliphatic hydroxyl groups excluding tert-OH is 1. The number of hydrogen-bond acceptors (Lipinski definition) is 3. The van der Waals surface area contributed by atoms with E-state index in [9.17, 15) is 5.11 Å². The Morgan fingerprint density at radius 1 is 1.19 bits per heavy atom. The van der Waals surface area contributed by atoms with E-state index in [1.165, 1.54) is 0 Å². The Labute approximate surface area is 98.8 Å². The number of morpholine rings is 1. The summed E-state index contributed by atoms with van der Waals surface area (Å²) in [6, 6.07) is 0.661. The SMILES string of the molecule is CC1CN(C2CCC(O)CC2)CC(C)(C)O1. The van der Waals surface area contributed by atoms with Crippen LogP contribution in [0.1, 0.15) is 46.5 Å². The molecule has 3 nitrogen and oxygen atoms in total. The lowest BCUT2D eigenvalue weighted by Gasteiger charge is -2.46. The van der Waals surface area contributed by atoms with E-state index in [1.54, 1.807) is 0 Å². The minimum atomic E-state index is -0.0530. The van der Waals surface area contributed by atoms with E-state index in [0.717, 1.165) is 38.8 Å². The number of hydrogen-bond donors (Lipinski definition) is 1. The van der Waals surface area contributed by atoms with E-state index in [0.29, 0.717) is 12.1 Å². The van der Waals surface area contributed by atoms with Crippen LogP contribution in [0.2, 0.25) is 0 Å². The fraction of sp³-hybridized carbons (Fsp3) is 1.00. The van der Waals surface area contributed by atoms with Gasteiger partial charge in [-0.1, -0.05) is 0 Å². The third-order valence-corrected chi connectivity index (χ3v) is 3.78. The second-order valence-corrected chi connectivity index (χ2v) is 6.08. The smallest absolute Gasteiger partial charge is 0.0757 e. The molecule has 1 atom stereocenters. The van der Waals surface area contributed by atoms with E-state index < -0.39 is 0 Å². The zero-order chi connectivity index (χ0) is 11.8. The van der Waals surface area contributed by atoms with Gasteiger partial charge in [0, 0.05) is 19.1 Å². The Morgan fingerprint density at radius 2 is 1.81 bits per heavy atom. The molecule has 0 amide bonds. The largest absolute Gasteiger partial charge is 0.393 e. The highest BCUT2D eigenvalue weighted by atomic mass is 16.5. The summed E-state index contributed by atoms with van der Waals surface area (Å²) in [5, 5.41) is 9.54. The molecule has 0 spiro atoms.